The molecule has 0 amide bonds. The molecular formula is C21H19Cl2N3O5S2. The number of carboxylic acid groups (broad SMARTS) is 1. The zero-order chi connectivity index (χ0) is 23.8. The molecule has 3 N–H and O–H groups in total. The Morgan fingerprint density at radius 2 is 2.00 bits per heavy atom. The number of benzene rings is 2. The fraction of sp³-hybridized carbons (Fsp3) is 0.238. The summed E-state index contributed by atoms with van der Waals surface area (Å²) in [7, 11) is -2.41. The maximum absolute atomic E-state index is 13.4. The van der Waals surface area contributed by atoms with Crippen LogP contribution >= 0.6 is 35.0 Å². The summed E-state index contributed by atoms with van der Waals surface area (Å²) in [6, 6.07) is 8.88. The summed E-state index contributed by atoms with van der Waals surface area (Å²) < 4.78 is 32.2. The lowest BCUT2D eigenvalue weighted by atomic mass is 10.1. The minimum Gasteiger partial charge on any atom is -0.494 e. The Labute approximate surface area is 204 Å². The summed E-state index contributed by atoms with van der Waals surface area (Å²) in [5.41, 5.74) is 0.747. The first-order valence-corrected chi connectivity index (χ1v) is 13.2. The SMILES string of the molecule is COc1cc(Cl)cc2c(Nc3ccc(Cl)cc3C(=O)O)cc(S(=O)(=O)C3CSCCN3)nc12. The van der Waals surface area contributed by atoms with Gasteiger partial charge in [-0.25, -0.2) is 18.2 Å². The van der Waals surface area contributed by atoms with E-state index in [0.29, 0.717) is 28.4 Å². The van der Waals surface area contributed by atoms with Crippen LogP contribution in [0.15, 0.2) is 41.4 Å². The van der Waals surface area contributed by atoms with E-state index in [9.17, 15) is 18.3 Å². The Balaban J connectivity index is 1.93. The number of carbonyl (C=O) groups is 1. The Morgan fingerprint density at radius 3 is 2.67 bits per heavy atom. The zero-order valence-corrected chi connectivity index (χ0v) is 20.4. The van der Waals surface area contributed by atoms with Crippen LogP contribution in [0.5, 0.6) is 5.75 Å². The molecule has 1 unspecified atom stereocenters. The Hall–Kier alpha value is -2.24. The number of carboxylic acids is 1. The molecular weight excluding hydrogens is 509 g/mol. The predicted molar refractivity (Wildman–Crippen MR) is 131 cm³/mol. The first-order chi connectivity index (χ1) is 15.7. The third-order valence-corrected chi connectivity index (χ3v) is 8.68. The van der Waals surface area contributed by atoms with Crippen molar-refractivity contribution >= 4 is 73.0 Å². The average Bonchev–Trinajstić information content (AvgIpc) is 2.80. The Bertz CT molecular complexity index is 1350. The molecule has 1 fully saturated rings. The molecule has 0 aliphatic carbocycles. The van der Waals surface area contributed by atoms with E-state index in [1.807, 2.05) is 0 Å². The van der Waals surface area contributed by atoms with E-state index in [2.05, 4.69) is 15.6 Å². The normalized spacial score (nSPS) is 16.5. The third-order valence-electron chi connectivity index (χ3n) is 5.07. The summed E-state index contributed by atoms with van der Waals surface area (Å²) in [6.07, 6.45) is 0. The van der Waals surface area contributed by atoms with Crippen molar-refractivity contribution in [1.82, 2.24) is 10.3 Å². The molecule has 33 heavy (non-hydrogen) atoms. The number of ether oxygens (including phenoxy) is 1. The minimum absolute atomic E-state index is 0.0730. The molecule has 1 saturated heterocycles. The fourth-order valence-electron chi connectivity index (χ4n) is 3.48. The molecule has 1 atom stereocenters. The van der Waals surface area contributed by atoms with Crippen molar-refractivity contribution in [1.29, 1.82) is 0 Å². The highest BCUT2D eigenvalue weighted by Gasteiger charge is 2.31. The molecule has 1 aliphatic rings. The van der Waals surface area contributed by atoms with Gasteiger partial charge in [0.05, 0.1) is 24.0 Å². The number of hydrogen-bond donors (Lipinski definition) is 3. The molecule has 3 aromatic rings. The highest BCUT2D eigenvalue weighted by Crippen LogP contribution is 2.37. The maximum Gasteiger partial charge on any atom is 0.337 e. The maximum atomic E-state index is 13.4. The molecule has 0 bridgehead atoms. The van der Waals surface area contributed by atoms with E-state index in [4.69, 9.17) is 27.9 Å². The second-order valence-electron chi connectivity index (χ2n) is 7.20. The van der Waals surface area contributed by atoms with Gasteiger partial charge in [-0.2, -0.15) is 11.8 Å². The van der Waals surface area contributed by atoms with Gasteiger partial charge in [0, 0.05) is 39.5 Å². The van der Waals surface area contributed by atoms with E-state index < -0.39 is 21.2 Å². The summed E-state index contributed by atoms with van der Waals surface area (Å²) >= 11 is 13.8. The molecule has 12 heteroatoms. The molecule has 1 aromatic heterocycles. The number of pyridine rings is 1. The molecule has 2 heterocycles. The molecule has 4 rings (SSSR count). The molecule has 0 spiro atoms. The highest BCUT2D eigenvalue weighted by molar-refractivity contribution is 8.01. The number of rotatable bonds is 6. The largest absolute Gasteiger partial charge is 0.494 e. The number of aromatic carboxylic acids is 1. The molecule has 0 saturated carbocycles. The van der Waals surface area contributed by atoms with Crippen LogP contribution < -0.4 is 15.4 Å². The third kappa shape index (κ3) is 4.85. The first-order valence-electron chi connectivity index (χ1n) is 9.74. The van der Waals surface area contributed by atoms with E-state index in [-0.39, 0.29) is 32.6 Å². The van der Waals surface area contributed by atoms with Crippen molar-refractivity contribution < 1.29 is 23.1 Å². The molecule has 2 aromatic carbocycles. The van der Waals surface area contributed by atoms with Crippen LogP contribution in [0.2, 0.25) is 10.0 Å². The van der Waals surface area contributed by atoms with Crippen molar-refractivity contribution in [3.8, 4) is 5.75 Å². The van der Waals surface area contributed by atoms with Crippen molar-refractivity contribution in [2.24, 2.45) is 0 Å². The van der Waals surface area contributed by atoms with Gasteiger partial charge in [-0.3, -0.25) is 5.32 Å². The lowest BCUT2D eigenvalue weighted by molar-refractivity contribution is 0.0698. The van der Waals surface area contributed by atoms with E-state index in [0.717, 1.165) is 5.75 Å². The van der Waals surface area contributed by atoms with Crippen LogP contribution in [-0.2, 0) is 9.84 Å². The van der Waals surface area contributed by atoms with Crippen molar-refractivity contribution in [2.75, 3.05) is 30.5 Å². The predicted octanol–water partition coefficient (Wildman–Crippen LogP) is 4.43. The lowest BCUT2D eigenvalue weighted by Gasteiger charge is -2.23. The summed E-state index contributed by atoms with van der Waals surface area (Å²) in [5, 5.41) is 15.8. The fourth-order valence-corrected chi connectivity index (χ4v) is 6.75. The van der Waals surface area contributed by atoms with E-state index >= 15 is 0 Å². The minimum atomic E-state index is -3.85. The van der Waals surface area contributed by atoms with Gasteiger partial charge in [-0.1, -0.05) is 23.2 Å². The van der Waals surface area contributed by atoms with E-state index in [1.165, 1.54) is 37.4 Å². The number of thioether (sulfide) groups is 1. The van der Waals surface area contributed by atoms with Crippen LogP contribution in [0.25, 0.3) is 10.9 Å². The quantitative estimate of drug-likeness (QED) is 0.427. The lowest BCUT2D eigenvalue weighted by Crippen LogP contribution is -2.43. The van der Waals surface area contributed by atoms with Crippen LogP contribution in [0.4, 0.5) is 11.4 Å². The highest BCUT2D eigenvalue weighted by atomic mass is 35.5. The summed E-state index contributed by atoms with van der Waals surface area (Å²) in [6.45, 7) is 0.568. The van der Waals surface area contributed by atoms with Gasteiger partial charge in [0.25, 0.3) is 0 Å². The van der Waals surface area contributed by atoms with Crippen LogP contribution in [0.3, 0.4) is 0 Å². The summed E-state index contributed by atoms with van der Waals surface area (Å²) in [5.74, 6) is 0.316. The van der Waals surface area contributed by atoms with Crippen molar-refractivity contribution in [3.63, 3.8) is 0 Å². The van der Waals surface area contributed by atoms with Crippen molar-refractivity contribution in [3.05, 3.63) is 52.0 Å². The number of sulfone groups is 1. The zero-order valence-electron chi connectivity index (χ0n) is 17.3. The number of halogens is 2. The average molecular weight is 528 g/mol. The number of anilines is 2. The smallest absolute Gasteiger partial charge is 0.337 e. The van der Waals surface area contributed by atoms with Gasteiger partial charge in [0.2, 0.25) is 9.84 Å². The Morgan fingerprint density at radius 1 is 1.21 bits per heavy atom. The Kier molecular flexibility index (Phi) is 6.92. The molecule has 1 aliphatic heterocycles. The van der Waals surface area contributed by atoms with Crippen LogP contribution in [0, 0.1) is 0 Å². The van der Waals surface area contributed by atoms with Crippen molar-refractivity contribution in [2.45, 2.75) is 10.4 Å². The standard InChI is InChI=1S/C21H19Cl2N3O5S2/c1-31-17-8-12(23)7-13-16(25-15-3-2-11(22)6-14(15)21(27)28)9-18(26-20(13)17)33(29,30)19-10-32-5-4-24-19/h2-3,6-9,19,24H,4-5,10H2,1H3,(H,25,26)(H,27,28). The second-order valence-corrected chi connectivity index (χ2v) is 11.3. The summed E-state index contributed by atoms with van der Waals surface area (Å²) in [4.78, 5) is 16.2. The number of nitrogens with zero attached hydrogens (tertiary/aromatic N) is 1. The van der Waals surface area contributed by atoms with Crippen LogP contribution in [-0.4, -0.2) is 55.0 Å². The van der Waals surface area contributed by atoms with Gasteiger partial charge in [0.1, 0.15) is 16.6 Å². The molecule has 8 nitrogen and oxygen atoms in total. The second kappa shape index (κ2) is 9.55. The van der Waals surface area contributed by atoms with Gasteiger partial charge in [-0.15, -0.1) is 0 Å². The number of nitrogens with one attached hydrogen (secondary N) is 2. The van der Waals surface area contributed by atoms with Gasteiger partial charge in [0.15, 0.2) is 5.03 Å². The molecule has 174 valence electrons. The number of aromatic nitrogens is 1. The molecule has 0 radical (unpaired) electrons. The number of hydrogen-bond acceptors (Lipinski definition) is 8. The first kappa shape index (κ1) is 23.9. The van der Waals surface area contributed by atoms with Gasteiger partial charge in [-0.05, 0) is 30.3 Å². The van der Waals surface area contributed by atoms with Crippen LogP contribution in [0.1, 0.15) is 10.4 Å². The number of fused-ring (bicyclic) bond motifs is 1. The topological polar surface area (TPSA) is 118 Å². The van der Waals surface area contributed by atoms with Gasteiger partial charge >= 0.3 is 5.97 Å². The number of methoxy groups -OCH3 is 1. The monoisotopic (exact) mass is 527 g/mol. The van der Waals surface area contributed by atoms with Gasteiger partial charge < -0.3 is 15.2 Å². The van der Waals surface area contributed by atoms with E-state index in [1.54, 1.807) is 17.8 Å².